The van der Waals surface area contributed by atoms with Gasteiger partial charge in [0.2, 0.25) is 5.88 Å². The summed E-state index contributed by atoms with van der Waals surface area (Å²) in [5.41, 5.74) is 1.04. The number of aromatic nitrogens is 4. The van der Waals surface area contributed by atoms with E-state index in [1.807, 2.05) is 6.92 Å². The molecule has 0 fully saturated rings. The van der Waals surface area contributed by atoms with Gasteiger partial charge in [0.25, 0.3) is 5.91 Å². The molecule has 0 aliphatic carbocycles. The number of rotatable bonds is 7. The van der Waals surface area contributed by atoms with Gasteiger partial charge in [0.1, 0.15) is 0 Å². The maximum Gasteiger partial charge on any atom is 0.308 e. The Morgan fingerprint density at radius 3 is 2.67 bits per heavy atom. The smallest absolute Gasteiger partial charge is 0.308 e. The molecule has 0 radical (unpaired) electrons. The highest BCUT2D eigenvalue weighted by Gasteiger charge is 2.19. The third kappa shape index (κ3) is 3.67. The van der Waals surface area contributed by atoms with Crippen LogP contribution in [0.2, 0.25) is 0 Å². The van der Waals surface area contributed by atoms with Crippen LogP contribution < -0.4 is 10.1 Å². The lowest BCUT2D eigenvalue weighted by atomic mass is 10.1. The summed E-state index contributed by atoms with van der Waals surface area (Å²) in [4.78, 5) is 23.1. The van der Waals surface area contributed by atoms with Crippen molar-refractivity contribution in [2.45, 2.75) is 20.3 Å². The Balaban J connectivity index is 2.21. The third-order valence-corrected chi connectivity index (χ3v) is 3.49. The van der Waals surface area contributed by atoms with Crippen molar-refractivity contribution in [2.75, 3.05) is 13.7 Å². The van der Waals surface area contributed by atoms with Crippen LogP contribution in [0.4, 0.5) is 0 Å². The van der Waals surface area contributed by atoms with Gasteiger partial charge < -0.3 is 15.2 Å². The largest absolute Gasteiger partial charge is 0.481 e. The number of ether oxygens (including phenoxy) is 1. The van der Waals surface area contributed by atoms with Crippen LogP contribution in [0.15, 0.2) is 18.3 Å². The fraction of sp³-hybridized carbons (Fsp3) is 0.400. The van der Waals surface area contributed by atoms with E-state index in [9.17, 15) is 9.59 Å². The summed E-state index contributed by atoms with van der Waals surface area (Å²) in [6.45, 7) is 3.46. The number of amides is 1. The van der Waals surface area contributed by atoms with Crippen molar-refractivity contribution < 1.29 is 19.4 Å². The summed E-state index contributed by atoms with van der Waals surface area (Å²) in [5, 5.41) is 23.6. The Labute approximate surface area is 138 Å². The molecule has 1 atom stereocenters. The highest BCUT2D eigenvalue weighted by atomic mass is 16.5. The van der Waals surface area contributed by atoms with Crippen molar-refractivity contribution in [1.82, 2.24) is 25.3 Å². The summed E-state index contributed by atoms with van der Waals surface area (Å²) >= 11 is 0. The number of carboxylic acid groups (broad SMARTS) is 1. The SMILES string of the molecule is CCc1c(C(=O)NCC(C)C(=O)O)cnn1-c1ccc(OC)nn1. The minimum absolute atomic E-state index is 0.0465. The van der Waals surface area contributed by atoms with Crippen molar-refractivity contribution in [3.8, 4) is 11.7 Å². The van der Waals surface area contributed by atoms with E-state index in [0.29, 0.717) is 29.4 Å². The van der Waals surface area contributed by atoms with Gasteiger partial charge in [-0.05, 0) is 12.5 Å². The number of aliphatic carboxylic acids is 1. The lowest BCUT2D eigenvalue weighted by Gasteiger charge is -2.09. The average molecular weight is 333 g/mol. The second-order valence-corrected chi connectivity index (χ2v) is 5.15. The van der Waals surface area contributed by atoms with E-state index in [-0.39, 0.29) is 12.5 Å². The van der Waals surface area contributed by atoms with Gasteiger partial charge in [-0.1, -0.05) is 13.8 Å². The fourth-order valence-electron chi connectivity index (χ4n) is 2.06. The van der Waals surface area contributed by atoms with Gasteiger partial charge in [0.05, 0.1) is 30.5 Å². The molecule has 0 spiro atoms. The number of carboxylic acids is 1. The summed E-state index contributed by atoms with van der Waals surface area (Å²) in [7, 11) is 1.50. The first-order valence-corrected chi connectivity index (χ1v) is 7.43. The zero-order chi connectivity index (χ0) is 17.7. The lowest BCUT2D eigenvalue weighted by molar-refractivity contribution is -0.140. The van der Waals surface area contributed by atoms with Crippen LogP contribution >= 0.6 is 0 Å². The first-order chi connectivity index (χ1) is 11.5. The predicted octanol–water partition coefficient (Wildman–Crippen LogP) is 0.684. The monoisotopic (exact) mass is 333 g/mol. The number of hydrogen-bond acceptors (Lipinski definition) is 6. The molecule has 0 bridgehead atoms. The van der Waals surface area contributed by atoms with Crippen molar-refractivity contribution in [3.63, 3.8) is 0 Å². The van der Waals surface area contributed by atoms with Gasteiger partial charge >= 0.3 is 5.97 Å². The molecule has 0 aliphatic rings. The number of nitrogens with zero attached hydrogens (tertiary/aromatic N) is 4. The second kappa shape index (κ2) is 7.53. The Morgan fingerprint density at radius 2 is 2.12 bits per heavy atom. The van der Waals surface area contributed by atoms with Crippen molar-refractivity contribution in [2.24, 2.45) is 5.92 Å². The number of hydrogen-bond donors (Lipinski definition) is 2. The van der Waals surface area contributed by atoms with Crippen LogP contribution in [0.5, 0.6) is 5.88 Å². The van der Waals surface area contributed by atoms with E-state index in [0.717, 1.165) is 0 Å². The van der Waals surface area contributed by atoms with E-state index in [4.69, 9.17) is 9.84 Å². The molecular formula is C15H19N5O4. The minimum Gasteiger partial charge on any atom is -0.481 e. The molecule has 2 aromatic heterocycles. The molecule has 2 N–H and O–H groups in total. The normalized spacial score (nSPS) is 11.8. The Kier molecular flexibility index (Phi) is 5.46. The van der Waals surface area contributed by atoms with Crippen LogP contribution in [0, 0.1) is 5.92 Å². The lowest BCUT2D eigenvalue weighted by Crippen LogP contribution is -2.31. The zero-order valence-electron chi connectivity index (χ0n) is 13.7. The van der Waals surface area contributed by atoms with Crippen LogP contribution in [0.3, 0.4) is 0 Å². The summed E-state index contributed by atoms with van der Waals surface area (Å²) < 4.78 is 6.49. The van der Waals surface area contributed by atoms with Gasteiger partial charge in [-0.15, -0.1) is 10.2 Å². The van der Waals surface area contributed by atoms with Crippen LogP contribution in [-0.2, 0) is 11.2 Å². The molecule has 0 aliphatic heterocycles. The number of carbonyl (C=O) groups excluding carboxylic acids is 1. The predicted molar refractivity (Wildman–Crippen MR) is 84.2 cm³/mol. The highest BCUT2D eigenvalue weighted by molar-refractivity contribution is 5.95. The first-order valence-electron chi connectivity index (χ1n) is 7.43. The number of nitrogens with one attached hydrogen (secondary N) is 1. The molecule has 0 saturated carbocycles. The molecule has 2 rings (SSSR count). The molecule has 2 heterocycles. The topological polar surface area (TPSA) is 119 Å². The molecule has 0 aromatic carbocycles. The van der Waals surface area contributed by atoms with Gasteiger partial charge in [-0.2, -0.15) is 5.10 Å². The summed E-state index contributed by atoms with van der Waals surface area (Å²) in [5.74, 6) is -1.15. The molecule has 128 valence electrons. The first kappa shape index (κ1) is 17.4. The van der Waals surface area contributed by atoms with Gasteiger partial charge in [-0.25, -0.2) is 4.68 Å². The van der Waals surface area contributed by atoms with Gasteiger partial charge in [0.15, 0.2) is 5.82 Å². The molecule has 1 amide bonds. The van der Waals surface area contributed by atoms with Crippen LogP contribution in [0.1, 0.15) is 29.9 Å². The average Bonchev–Trinajstić information content (AvgIpc) is 3.03. The van der Waals surface area contributed by atoms with E-state index < -0.39 is 11.9 Å². The van der Waals surface area contributed by atoms with Crippen molar-refractivity contribution >= 4 is 11.9 Å². The van der Waals surface area contributed by atoms with Crippen molar-refractivity contribution in [1.29, 1.82) is 0 Å². The van der Waals surface area contributed by atoms with Crippen LogP contribution in [0.25, 0.3) is 5.82 Å². The molecule has 24 heavy (non-hydrogen) atoms. The number of carbonyl (C=O) groups is 2. The third-order valence-electron chi connectivity index (χ3n) is 3.49. The van der Waals surface area contributed by atoms with E-state index in [2.05, 4.69) is 20.6 Å². The Morgan fingerprint density at radius 1 is 1.38 bits per heavy atom. The molecule has 2 aromatic rings. The molecular weight excluding hydrogens is 314 g/mol. The fourth-order valence-corrected chi connectivity index (χ4v) is 2.06. The van der Waals surface area contributed by atoms with E-state index in [1.54, 1.807) is 12.1 Å². The zero-order valence-corrected chi connectivity index (χ0v) is 13.7. The minimum atomic E-state index is -0.963. The van der Waals surface area contributed by atoms with E-state index >= 15 is 0 Å². The highest BCUT2D eigenvalue weighted by Crippen LogP contribution is 2.15. The molecule has 1 unspecified atom stereocenters. The second-order valence-electron chi connectivity index (χ2n) is 5.15. The van der Waals surface area contributed by atoms with Gasteiger partial charge in [-0.3, -0.25) is 9.59 Å². The Bertz CT molecular complexity index is 726. The molecule has 9 heteroatoms. The number of methoxy groups -OCH3 is 1. The van der Waals surface area contributed by atoms with E-state index in [1.165, 1.54) is 24.9 Å². The van der Waals surface area contributed by atoms with Crippen molar-refractivity contribution in [3.05, 3.63) is 29.6 Å². The molecule has 0 saturated heterocycles. The quantitative estimate of drug-likeness (QED) is 0.764. The summed E-state index contributed by atoms with van der Waals surface area (Å²) in [6, 6.07) is 3.34. The maximum absolute atomic E-state index is 12.3. The Hall–Kier alpha value is -2.97. The van der Waals surface area contributed by atoms with Gasteiger partial charge in [0, 0.05) is 12.6 Å². The standard InChI is InChI=1S/C15H19N5O4/c1-4-11-10(14(21)16-7-9(2)15(22)23)8-17-20(11)12-5-6-13(24-3)19-18-12/h5-6,8-9H,4,7H2,1-3H3,(H,16,21)(H,22,23). The van der Waals surface area contributed by atoms with Crippen LogP contribution in [-0.4, -0.2) is 50.6 Å². The summed E-state index contributed by atoms with van der Waals surface area (Å²) in [6.07, 6.45) is 1.98. The molecule has 9 nitrogen and oxygen atoms in total. The maximum atomic E-state index is 12.3.